The van der Waals surface area contributed by atoms with Crippen LogP contribution in [-0.2, 0) is 0 Å². The number of benzene rings is 1. The number of hydrogen-bond acceptors (Lipinski definition) is 1. The molecule has 0 unspecified atom stereocenters. The van der Waals surface area contributed by atoms with Crippen molar-refractivity contribution in [3.63, 3.8) is 0 Å². The molecule has 2 aromatic rings. The van der Waals surface area contributed by atoms with E-state index in [9.17, 15) is 0 Å². The third-order valence-electron chi connectivity index (χ3n) is 5.44. The second-order valence-electron chi connectivity index (χ2n) is 7.39. The van der Waals surface area contributed by atoms with Gasteiger partial charge < -0.3 is 0 Å². The monoisotopic (exact) mass is 445 g/mol. The quantitative estimate of drug-likeness (QED) is 0.347. The molecule has 0 bridgehead atoms. The van der Waals surface area contributed by atoms with Crippen LogP contribution in [-0.4, -0.2) is 23.4 Å². The van der Waals surface area contributed by atoms with E-state index in [2.05, 4.69) is 69.4 Å². The Labute approximate surface area is 159 Å². The first-order valence-corrected chi connectivity index (χ1v) is 17.8. The zero-order chi connectivity index (χ0) is 18.0. The number of unbranched alkanes of at least 4 members (excludes halogenated alkanes) is 3. The van der Waals surface area contributed by atoms with E-state index in [0.717, 1.165) is 0 Å². The molecular weight excluding hydrogens is 409 g/mol. The zero-order valence-corrected chi connectivity index (χ0v) is 19.3. The van der Waals surface area contributed by atoms with Crippen LogP contribution >= 0.6 is 0 Å². The molecule has 0 atom stereocenters. The Morgan fingerprint density at radius 2 is 1.24 bits per heavy atom. The van der Waals surface area contributed by atoms with Gasteiger partial charge in [0.1, 0.15) is 0 Å². The van der Waals surface area contributed by atoms with Crippen molar-refractivity contribution >= 4 is 22.1 Å². The van der Waals surface area contributed by atoms with Crippen molar-refractivity contribution in [1.29, 1.82) is 0 Å². The van der Waals surface area contributed by atoms with Crippen LogP contribution < -0.4 is 3.71 Å². The normalized spacial score (nSPS) is 11.6. The molecule has 0 aliphatic heterocycles. The van der Waals surface area contributed by atoms with E-state index in [1.165, 1.54) is 66.7 Å². The fourth-order valence-electron chi connectivity index (χ4n) is 3.81. The van der Waals surface area contributed by atoms with E-state index >= 15 is 0 Å². The fourth-order valence-corrected chi connectivity index (χ4v) is 19.2. The first-order chi connectivity index (χ1) is 12.3. The number of nitrogens with zero attached hydrogens (tertiary/aromatic N) is 1. The third-order valence-corrected chi connectivity index (χ3v) is 20.6. The van der Waals surface area contributed by atoms with Gasteiger partial charge in [0.2, 0.25) is 0 Å². The summed E-state index contributed by atoms with van der Waals surface area (Å²) in [5.74, 6) is 0. The van der Waals surface area contributed by atoms with Crippen molar-refractivity contribution in [2.75, 3.05) is 0 Å². The molecule has 1 heterocycles. The predicted octanol–water partition coefficient (Wildman–Crippen LogP) is 6.80. The van der Waals surface area contributed by atoms with Crippen LogP contribution in [0.4, 0.5) is 0 Å². The first kappa shape index (κ1) is 20.5. The number of hydrogen-bond donors (Lipinski definition) is 0. The van der Waals surface area contributed by atoms with Gasteiger partial charge in [-0.15, -0.1) is 0 Å². The molecule has 0 amide bonds. The minimum atomic E-state index is -2.36. The van der Waals surface area contributed by atoms with Gasteiger partial charge in [0.05, 0.1) is 0 Å². The van der Waals surface area contributed by atoms with Crippen LogP contribution in [0, 0.1) is 0 Å². The van der Waals surface area contributed by atoms with Crippen LogP contribution in [0.2, 0.25) is 13.3 Å². The van der Waals surface area contributed by atoms with E-state index in [1.807, 2.05) is 0 Å². The summed E-state index contributed by atoms with van der Waals surface area (Å²) in [5.41, 5.74) is 2.53. The summed E-state index contributed by atoms with van der Waals surface area (Å²) in [6.45, 7) is 7.01. The minimum absolute atomic E-state index is 1.26. The van der Waals surface area contributed by atoms with Crippen LogP contribution in [0.3, 0.4) is 0 Å². The summed E-state index contributed by atoms with van der Waals surface area (Å²) in [6.07, 6.45) is 10.3. The van der Waals surface area contributed by atoms with Gasteiger partial charge in [-0.25, -0.2) is 0 Å². The summed E-state index contributed by atoms with van der Waals surface area (Å²) in [7, 11) is 0. The summed E-state index contributed by atoms with van der Waals surface area (Å²) in [5, 5.41) is 0. The van der Waals surface area contributed by atoms with E-state index in [4.69, 9.17) is 4.98 Å². The second-order valence-corrected chi connectivity index (χ2v) is 20.4. The van der Waals surface area contributed by atoms with Crippen molar-refractivity contribution in [1.82, 2.24) is 4.98 Å². The molecule has 136 valence electrons. The topological polar surface area (TPSA) is 12.9 Å². The van der Waals surface area contributed by atoms with E-state index in [-0.39, 0.29) is 0 Å². The van der Waals surface area contributed by atoms with E-state index in [0.29, 0.717) is 0 Å². The maximum absolute atomic E-state index is 5.08. The Kier molecular flexibility index (Phi) is 9.01. The zero-order valence-electron chi connectivity index (χ0n) is 16.4. The molecule has 0 radical (unpaired) electrons. The Morgan fingerprint density at radius 1 is 0.680 bits per heavy atom. The van der Waals surface area contributed by atoms with Gasteiger partial charge >= 0.3 is 159 Å². The summed E-state index contributed by atoms with van der Waals surface area (Å²) < 4.78 is 6.00. The van der Waals surface area contributed by atoms with Crippen LogP contribution in [0.15, 0.2) is 48.7 Å². The summed E-state index contributed by atoms with van der Waals surface area (Å²) in [6, 6.07) is 15.4. The van der Waals surface area contributed by atoms with Gasteiger partial charge in [-0.3, -0.25) is 0 Å². The molecule has 0 aliphatic carbocycles. The van der Waals surface area contributed by atoms with Crippen molar-refractivity contribution < 1.29 is 0 Å². The van der Waals surface area contributed by atoms with Crippen LogP contribution in [0.5, 0.6) is 0 Å². The molecule has 25 heavy (non-hydrogen) atoms. The molecule has 0 N–H and O–H groups in total. The summed E-state index contributed by atoms with van der Waals surface area (Å²) >= 11 is -2.36. The van der Waals surface area contributed by atoms with Crippen LogP contribution in [0.25, 0.3) is 11.1 Å². The third kappa shape index (κ3) is 5.84. The van der Waals surface area contributed by atoms with Crippen molar-refractivity contribution in [2.45, 2.75) is 72.6 Å². The molecule has 0 saturated carbocycles. The first-order valence-electron chi connectivity index (χ1n) is 10.3. The Morgan fingerprint density at radius 3 is 1.68 bits per heavy atom. The molecule has 1 aromatic carbocycles. The summed E-state index contributed by atoms with van der Waals surface area (Å²) in [4.78, 5) is 5.08. The van der Waals surface area contributed by atoms with Gasteiger partial charge in [-0.2, -0.15) is 0 Å². The van der Waals surface area contributed by atoms with Gasteiger partial charge in [0.25, 0.3) is 0 Å². The molecule has 0 spiro atoms. The number of pyridine rings is 1. The molecule has 1 nitrogen and oxygen atoms in total. The SMILES string of the molecule is CCC[CH2][Sn]([CH2]CCC)([CH2]CCC)[c]1ccc(-c2ccccc2)cn1. The standard InChI is InChI=1S/C11H8N.3C4H9.Sn/c1-2-5-10(6-3-1)11-7-4-8-12-9-11;3*1-3-4-2;/h1-7,9H;3*1,3-4H2,2H3;. The average molecular weight is 444 g/mol. The Bertz CT molecular complexity index is 569. The van der Waals surface area contributed by atoms with Crippen molar-refractivity contribution in [3.05, 3.63) is 48.7 Å². The Hall–Kier alpha value is -0.831. The second kappa shape index (κ2) is 11.0. The number of rotatable bonds is 11. The van der Waals surface area contributed by atoms with E-state index < -0.39 is 18.4 Å². The maximum atomic E-state index is 5.08. The molecule has 2 rings (SSSR count). The van der Waals surface area contributed by atoms with Gasteiger partial charge in [0.15, 0.2) is 0 Å². The van der Waals surface area contributed by atoms with E-state index in [1.54, 1.807) is 0 Å². The van der Waals surface area contributed by atoms with Gasteiger partial charge in [-0.1, -0.05) is 0 Å². The van der Waals surface area contributed by atoms with Gasteiger partial charge in [-0.05, 0) is 0 Å². The fraction of sp³-hybridized carbons (Fsp3) is 0.522. The van der Waals surface area contributed by atoms with Crippen molar-refractivity contribution in [3.8, 4) is 11.1 Å². The van der Waals surface area contributed by atoms with Crippen molar-refractivity contribution in [2.24, 2.45) is 0 Å². The molecule has 0 saturated heterocycles. The molecule has 0 aliphatic rings. The molecule has 1 aromatic heterocycles. The molecule has 2 heteroatoms. The molecule has 0 fully saturated rings. The van der Waals surface area contributed by atoms with Gasteiger partial charge in [0, 0.05) is 0 Å². The predicted molar refractivity (Wildman–Crippen MR) is 114 cm³/mol. The number of aromatic nitrogens is 1. The van der Waals surface area contributed by atoms with Crippen LogP contribution in [0.1, 0.15) is 59.3 Å². The Balaban J connectivity index is 2.30. The average Bonchev–Trinajstić information content (AvgIpc) is 2.68. The molecular formula is C23H35NSn.